The fourth-order valence-corrected chi connectivity index (χ4v) is 3.79. The summed E-state index contributed by atoms with van der Waals surface area (Å²) in [6.07, 6.45) is 5.72. The van der Waals surface area contributed by atoms with Gasteiger partial charge in [-0.3, -0.25) is 0 Å². The van der Waals surface area contributed by atoms with Crippen LogP contribution in [0.3, 0.4) is 0 Å². The first-order valence-corrected chi connectivity index (χ1v) is 11.6. The van der Waals surface area contributed by atoms with E-state index in [0.717, 1.165) is 0 Å². The molecule has 22 heavy (non-hydrogen) atoms. The minimum absolute atomic E-state index is 0.171. The van der Waals surface area contributed by atoms with Gasteiger partial charge in [-0.05, 0) is 52.4 Å². The number of rotatable bonds is 5. The number of hydrogen-bond donors (Lipinski definition) is 0. The largest absolute Gasteiger partial charge is 0.414 e. The van der Waals surface area contributed by atoms with Crippen molar-refractivity contribution < 1.29 is 4.43 Å². The second-order valence-corrected chi connectivity index (χ2v) is 13.1. The molecule has 5 heteroatoms. The molecule has 3 nitrogen and oxygen atoms in total. The van der Waals surface area contributed by atoms with Gasteiger partial charge in [0.25, 0.3) is 0 Å². The summed E-state index contributed by atoms with van der Waals surface area (Å²) < 4.78 is 9.88. The maximum Gasteiger partial charge on any atom is 0.192 e. The van der Waals surface area contributed by atoms with Gasteiger partial charge >= 0.3 is 0 Å². The van der Waals surface area contributed by atoms with Crippen LogP contribution < -0.4 is 0 Å². The molecule has 0 radical (unpaired) electrons. The van der Waals surface area contributed by atoms with E-state index in [-0.39, 0.29) is 11.1 Å². The van der Waals surface area contributed by atoms with Crippen molar-refractivity contribution >= 4 is 30.9 Å². The van der Waals surface area contributed by atoms with Gasteiger partial charge in [-0.2, -0.15) is 0 Å². The lowest BCUT2D eigenvalue weighted by Crippen LogP contribution is -2.42. The van der Waals surface area contributed by atoms with Gasteiger partial charge in [-0.15, -0.1) is 0 Å². The van der Waals surface area contributed by atoms with Crippen LogP contribution in [0.2, 0.25) is 18.1 Å². The maximum absolute atomic E-state index is 6.48. The molecule has 2 aromatic rings. The SMILES string of the molecule is CC(C)(C)[Si](C)(C)OCC(c1ccccc1I)n1ccnc1. The standard InChI is InChI=1S/C17H25IN2OSi/c1-17(2,3)22(4,5)21-12-16(20-11-10-19-13-20)14-8-6-7-9-15(14)18/h6-11,13,16H,12H2,1-5H3. The molecule has 0 saturated carbocycles. The third-order valence-electron chi connectivity index (χ3n) is 4.56. The van der Waals surface area contributed by atoms with Gasteiger partial charge < -0.3 is 8.99 Å². The van der Waals surface area contributed by atoms with Crippen LogP contribution in [0.4, 0.5) is 0 Å². The molecule has 120 valence electrons. The zero-order valence-corrected chi connectivity index (χ0v) is 17.2. The third-order valence-corrected chi connectivity index (χ3v) is 10.0. The molecule has 1 unspecified atom stereocenters. The molecule has 1 heterocycles. The van der Waals surface area contributed by atoms with Crippen LogP contribution in [-0.2, 0) is 4.43 Å². The molecule has 0 aliphatic heterocycles. The Hall–Kier alpha value is -0.663. The monoisotopic (exact) mass is 428 g/mol. The zero-order chi connectivity index (χ0) is 16.4. The Bertz CT molecular complexity index is 605. The molecular formula is C17H25IN2OSi. The Kier molecular flexibility index (Phi) is 5.50. The lowest BCUT2D eigenvalue weighted by atomic mass is 10.1. The lowest BCUT2D eigenvalue weighted by Gasteiger charge is -2.37. The van der Waals surface area contributed by atoms with Crippen molar-refractivity contribution in [3.05, 3.63) is 52.1 Å². The van der Waals surface area contributed by atoms with E-state index in [0.29, 0.717) is 6.61 Å². The Labute approximate surface area is 148 Å². The number of imidazole rings is 1. The van der Waals surface area contributed by atoms with E-state index in [4.69, 9.17) is 4.43 Å². The summed E-state index contributed by atoms with van der Waals surface area (Å²) >= 11 is 2.40. The molecule has 0 spiro atoms. The number of hydrogen-bond acceptors (Lipinski definition) is 2. The fraction of sp³-hybridized carbons (Fsp3) is 0.471. The molecular weight excluding hydrogens is 403 g/mol. The second kappa shape index (κ2) is 6.84. The topological polar surface area (TPSA) is 27.1 Å². The minimum Gasteiger partial charge on any atom is -0.414 e. The van der Waals surface area contributed by atoms with Crippen molar-refractivity contribution in [1.82, 2.24) is 9.55 Å². The molecule has 2 rings (SSSR count). The van der Waals surface area contributed by atoms with Gasteiger partial charge in [-0.1, -0.05) is 39.0 Å². The molecule has 0 amide bonds. The van der Waals surface area contributed by atoms with Crippen molar-refractivity contribution in [1.29, 1.82) is 0 Å². The first kappa shape index (κ1) is 17.7. The Balaban J connectivity index is 2.27. The van der Waals surface area contributed by atoms with E-state index in [1.807, 2.05) is 18.7 Å². The molecule has 1 aromatic carbocycles. The van der Waals surface area contributed by atoms with Gasteiger partial charge in [0, 0.05) is 16.0 Å². The van der Waals surface area contributed by atoms with Crippen LogP contribution in [0, 0.1) is 3.57 Å². The highest BCUT2D eigenvalue weighted by atomic mass is 127. The molecule has 0 aliphatic rings. The van der Waals surface area contributed by atoms with E-state index in [1.54, 1.807) is 0 Å². The molecule has 0 aliphatic carbocycles. The molecule has 0 bridgehead atoms. The highest BCUT2D eigenvalue weighted by Crippen LogP contribution is 2.37. The normalized spacial score (nSPS) is 14.1. The Morgan fingerprint density at radius 1 is 1.27 bits per heavy atom. The van der Waals surface area contributed by atoms with Gasteiger partial charge in [0.05, 0.1) is 19.0 Å². The maximum atomic E-state index is 6.48. The average Bonchev–Trinajstić information content (AvgIpc) is 2.93. The zero-order valence-electron chi connectivity index (χ0n) is 14.0. The minimum atomic E-state index is -1.77. The first-order chi connectivity index (χ1) is 10.2. The van der Waals surface area contributed by atoms with E-state index in [9.17, 15) is 0 Å². The van der Waals surface area contributed by atoms with E-state index < -0.39 is 8.32 Å². The first-order valence-electron chi connectivity index (χ1n) is 7.58. The fourth-order valence-electron chi connectivity index (χ4n) is 2.04. The molecule has 0 fully saturated rings. The number of halogens is 1. The van der Waals surface area contributed by atoms with Crippen molar-refractivity contribution in [2.24, 2.45) is 0 Å². The van der Waals surface area contributed by atoms with Crippen LogP contribution in [0.5, 0.6) is 0 Å². The molecule has 1 atom stereocenters. The van der Waals surface area contributed by atoms with Crippen LogP contribution in [0.1, 0.15) is 32.4 Å². The summed E-state index contributed by atoms with van der Waals surface area (Å²) in [7, 11) is -1.77. The Morgan fingerprint density at radius 3 is 2.50 bits per heavy atom. The molecule has 0 saturated heterocycles. The summed E-state index contributed by atoms with van der Waals surface area (Å²) in [4.78, 5) is 4.21. The summed E-state index contributed by atoms with van der Waals surface area (Å²) in [5, 5.41) is 0.219. The summed E-state index contributed by atoms with van der Waals surface area (Å²) in [6, 6.07) is 8.66. The van der Waals surface area contributed by atoms with E-state index in [1.165, 1.54) is 9.13 Å². The van der Waals surface area contributed by atoms with Crippen molar-refractivity contribution in [3.63, 3.8) is 0 Å². The van der Waals surface area contributed by atoms with Crippen LogP contribution in [0.15, 0.2) is 43.0 Å². The summed E-state index contributed by atoms with van der Waals surface area (Å²) in [5.41, 5.74) is 1.29. The van der Waals surface area contributed by atoms with Gasteiger partial charge in [0.2, 0.25) is 0 Å². The predicted molar refractivity (Wildman–Crippen MR) is 103 cm³/mol. The van der Waals surface area contributed by atoms with Crippen LogP contribution in [0.25, 0.3) is 0 Å². The van der Waals surface area contributed by atoms with Crippen LogP contribution in [-0.4, -0.2) is 24.5 Å². The number of aromatic nitrogens is 2. The summed E-state index contributed by atoms with van der Waals surface area (Å²) in [6.45, 7) is 12.1. The van der Waals surface area contributed by atoms with Gasteiger partial charge in [0.15, 0.2) is 8.32 Å². The lowest BCUT2D eigenvalue weighted by molar-refractivity contribution is 0.247. The second-order valence-electron chi connectivity index (χ2n) is 7.12. The highest BCUT2D eigenvalue weighted by molar-refractivity contribution is 14.1. The van der Waals surface area contributed by atoms with Crippen molar-refractivity contribution in [3.8, 4) is 0 Å². The van der Waals surface area contributed by atoms with Gasteiger partial charge in [-0.25, -0.2) is 4.98 Å². The summed E-state index contributed by atoms with van der Waals surface area (Å²) in [5.74, 6) is 0. The number of nitrogens with zero attached hydrogens (tertiary/aromatic N) is 2. The molecule has 1 aromatic heterocycles. The third kappa shape index (κ3) is 4.00. The predicted octanol–water partition coefficient (Wildman–Crippen LogP) is 5.10. The quantitative estimate of drug-likeness (QED) is 0.490. The van der Waals surface area contributed by atoms with Gasteiger partial charge in [0.1, 0.15) is 0 Å². The van der Waals surface area contributed by atoms with Crippen LogP contribution >= 0.6 is 22.6 Å². The van der Waals surface area contributed by atoms with E-state index in [2.05, 4.69) is 90.3 Å². The smallest absolute Gasteiger partial charge is 0.192 e. The molecule has 0 N–H and O–H groups in total. The average molecular weight is 428 g/mol. The van der Waals surface area contributed by atoms with Crippen molar-refractivity contribution in [2.45, 2.75) is 44.9 Å². The van der Waals surface area contributed by atoms with Crippen molar-refractivity contribution in [2.75, 3.05) is 6.61 Å². The van der Waals surface area contributed by atoms with E-state index >= 15 is 0 Å². The highest BCUT2D eigenvalue weighted by Gasteiger charge is 2.37. The number of benzene rings is 1. The Morgan fingerprint density at radius 2 is 1.95 bits per heavy atom.